The molecule has 0 spiro atoms. The van der Waals surface area contributed by atoms with Gasteiger partial charge in [-0.15, -0.1) is 0 Å². The number of halogens is 1. The molecule has 0 bridgehead atoms. The van der Waals surface area contributed by atoms with Gasteiger partial charge in [0.05, 0.1) is 6.54 Å². The molecule has 122 valence electrons. The molecule has 0 fully saturated rings. The summed E-state index contributed by atoms with van der Waals surface area (Å²) < 4.78 is 1.86. The Balaban J connectivity index is 1.82. The maximum absolute atomic E-state index is 12.7. The molecule has 2 aromatic carbocycles. The van der Waals surface area contributed by atoms with E-state index in [0.717, 1.165) is 11.1 Å². The molecular weight excluding hydrogens is 334 g/mol. The predicted molar refractivity (Wildman–Crippen MR) is 98.7 cm³/mol. The number of carbonyl (C=O) groups excluding carboxylic acids is 1. The van der Waals surface area contributed by atoms with Crippen LogP contribution in [0.25, 0.3) is 22.6 Å². The molecule has 4 nitrogen and oxygen atoms in total. The third-order valence-electron chi connectivity index (χ3n) is 4.00. The zero-order valence-electron chi connectivity index (χ0n) is 13.3. The smallest absolute Gasteiger partial charge is 0.182 e. The molecule has 0 aliphatic heterocycles. The van der Waals surface area contributed by atoms with Crippen LogP contribution in [0.4, 0.5) is 0 Å². The first-order valence-electron chi connectivity index (χ1n) is 7.88. The van der Waals surface area contributed by atoms with Crippen molar-refractivity contribution in [2.75, 3.05) is 0 Å². The molecular formula is C20H14ClN3O. The van der Waals surface area contributed by atoms with Gasteiger partial charge in [-0.05, 0) is 36.4 Å². The number of hydrogen-bond acceptors (Lipinski definition) is 3. The zero-order valence-corrected chi connectivity index (χ0v) is 14.0. The van der Waals surface area contributed by atoms with E-state index in [1.807, 2.05) is 71.3 Å². The Labute approximate surface area is 149 Å². The van der Waals surface area contributed by atoms with E-state index in [2.05, 4.69) is 9.97 Å². The predicted octanol–water partition coefficient (Wildman–Crippen LogP) is 4.63. The average Bonchev–Trinajstić information content (AvgIpc) is 3.02. The summed E-state index contributed by atoms with van der Waals surface area (Å²) in [4.78, 5) is 21.8. The Kier molecular flexibility index (Phi) is 4.04. The van der Waals surface area contributed by atoms with Gasteiger partial charge < -0.3 is 4.57 Å². The van der Waals surface area contributed by atoms with Gasteiger partial charge in [0.2, 0.25) is 0 Å². The second-order valence-corrected chi connectivity index (χ2v) is 6.10. The summed E-state index contributed by atoms with van der Waals surface area (Å²) in [6, 6.07) is 20.4. The number of nitrogens with zero attached hydrogens (tertiary/aromatic N) is 3. The Morgan fingerprint density at radius 2 is 1.72 bits per heavy atom. The van der Waals surface area contributed by atoms with E-state index in [1.165, 1.54) is 0 Å². The fourth-order valence-electron chi connectivity index (χ4n) is 2.79. The Morgan fingerprint density at radius 3 is 2.48 bits per heavy atom. The molecule has 4 rings (SSSR count). The van der Waals surface area contributed by atoms with Crippen molar-refractivity contribution in [2.45, 2.75) is 6.54 Å². The van der Waals surface area contributed by atoms with Gasteiger partial charge >= 0.3 is 0 Å². The Morgan fingerprint density at radius 1 is 0.960 bits per heavy atom. The molecule has 4 aromatic rings. The van der Waals surface area contributed by atoms with E-state index < -0.39 is 0 Å². The summed E-state index contributed by atoms with van der Waals surface area (Å²) in [5.41, 5.74) is 3.01. The summed E-state index contributed by atoms with van der Waals surface area (Å²) >= 11 is 5.99. The van der Waals surface area contributed by atoms with Crippen LogP contribution in [0.3, 0.4) is 0 Å². The minimum atomic E-state index is 0.0146. The van der Waals surface area contributed by atoms with E-state index in [1.54, 1.807) is 6.20 Å². The number of benzene rings is 2. The zero-order chi connectivity index (χ0) is 17.2. The number of rotatable bonds is 4. The Bertz CT molecular complexity index is 1040. The maximum atomic E-state index is 12.7. The van der Waals surface area contributed by atoms with Gasteiger partial charge in [-0.25, -0.2) is 9.97 Å². The van der Waals surface area contributed by atoms with Crippen LogP contribution >= 0.6 is 11.6 Å². The van der Waals surface area contributed by atoms with Crippen LogP contribution in [-0.4, -0.2) is 20.3 Å². The maximum Gasteiger partial charge on any atom is 0.182 e. The molecule has 0 radical (unpaired) electrons. The van der Waals surface area contributed by atoms with E-state index >= 15 is 0 Å². The van der Waals surface area contributed by atoms with Crippen molar-refractivity contribution in [1.29, 1.82) is 0 Å². The topological polar surface area (TPSA) is 47.8 Å². The van der Waals surface area contributed by atoms with Gasteiger partial charge in [0.25, 0.3) is 0 Å². The lowest BCUT2D eigenvalue weighted by atomic mass is 10.1. The molecule has 0 aliphatic rings. The summed E-state index contributed by atoms with van der Waals surface area (Å²) in [6.45, 7) is 0.176. The third kappa shape index (κ3) is 3.04. The molecule has 0 N–H and O–H groups in total. The van der Waals surface area contributed by atoms with Crippen molar-refractivity contribution in [3.63, 3.8) is 0 Å². The van der Waals surface area contributed by atoms with Gasteiger partial charge in [-0.1, -0.05) is 41.9 Å². The standard InChI is InChI=1S/C20H14ClN3O/c21-16-10-8-15(9-11-16)19-23-17-7-4-12-22-20(17)24(19)13-18(25)14-5-2-1-3-6-14/h1-12H,13H2. The lowest BCUT2D eigenvalue weighted by Gasteiger charge is -2.08. The second-order valence-electron chi connectivity index (χ2n) is 5.66. The highest BCUT2D eigenvalue weighted by molar-refractivity contribution is 6.30. The number of ketones is 1. The molecule has 25 heavy (non-hydrogen) atoms. The number of hydrogen-bond donors (Lipinski definition) is 0. The fraction of sp³-hybridized carbons (Fsp3) is 0.0500. The molecule has 0 unspecified atom stereocenters. The van der Waals surface area contributed by atoms with Crippen molar-refractivity contribution in [3.05, 3.63) is 83.5 Å². The van der Waals surface area contributed by atoms with E-state index in [-0.39, 0.29) is 12.3 Å². The second kappa shape index (κ2) is 6.49. The number of aromatic nitrogens is 3. The van der Waals surface area contributed by atoms with Crippen molar-refractivity contribution < 1.29 is 4.79 Å². The fourth-order valence-corrected chi connectivity index (χ4v) is 2.91. The van der Waals surface area contributed by atoms with E-state index in [9.17, 15) is 4.79 Å². The van der Waals surface area contributed by atoms with Gasteiger partial charge in [0.15, 0.2) is 11.4 Å². The van der Waals surface area contributed by atoms with Gasteiger partial charge in [-0.2, -0.15) is 0 Å². The number of imidazole rings is 1. The lowest BCUT2D eigenvalue weighted by Crippen LogP contribution is -2.12. The highest BCUT2D eigenvalue weighted by Gasteiger charge is 2.16. The van der Waals surface area contributed by atoms with Gasteiger partial charge in [0, 0.05) is 22.3 Å². The molecule has 0 amide bonds. The first kappa shape index (κ1) is 15.5. The minimum Gasteiger partial charge on any atom is -0.301 e. The highest BCUT2D eigenvalue weighted by Crippen LogP contribution is 2.25. The number of pyridine rings is 1. The van der Waals surface area contributed by atoms with Crippen LogP contribution in [0, 0.1) is 0 Å². The lowest BCUT2D eigenvalue weighted by molar-refractivity contribution is 0.0973. The van der Waals surface area contributed by atoms with E-state index in [0.29, 0.717) is 22.1 Å². The molecule has 0 saturated carbocycles. The number of fused-ring (bicyclic) bond motifs is 1. The number of carbonyl (C=O) groups is 1. The van der Waals surface area contributed by atoms with Gasteiger partial charge in [-0.3, -0.25) is 4.79 Å². The van der Waals surface area contributed by atoms with Gasteiger partial charge in [0.1, 0.15) is 11.3 Å². The summed E-state index contributed by atoms with van der Waals surface area (Å²) in [5.74, 6) is 0.718. The molecule has 0 saturated heterocycles. The average molecular weight is 348 g/mol. The van der Waals surface area contributed by atoms with Crippen LogP contribution in [0.15, 0.2) is 72.9 Å². The molecule has 2 heterocycles. The molecule has 0 atom stereocenters. The normalized spacial score (nSPS) is 10.9. The molecule has 5 heteroatoms. The van der Waals surface area contributed by atoms with Crippen LogP contribution in [-0.2, 0) is 6.54 Å². The van der Waals surface area contributed by atoms with Crippen LogP contribution in [0.5, 0.6) is 0 Å². The molecule has 2 aromatic heterocycles. The third-order valence-corrected chi connectivity index (χ3v) is 4.26. The van der Waals surface area contributed by atoms with Crippen molar-refractivity contribution in [2.24, 2.45) is 0 Å². The van der Waals surface area contributed by atoms with E-state index in [4.69, 9.17) is 11.6 Å². The monoisotopic (exact) mass is 347 g/mol. The first-order chi connectivity index (χ1) is 12.2. The van der Waals surface area contributed by atoms with Crippen LogP contribution in [0.1, 0.15) is 10.4 Å². The van der Waals surface area contributed by atoms with Crippen molar-refractivity contribution >= 4 is 28.5 Å². The Hall–Kier alpha value is -2.98. The molecule has 0 aliphatic carbocycles. The SMILES string of the molecule is O=C(Cn1c(-c2ccc(Cl)cc2)nc2cccnc21)c1ccccc1. The minimum absolute atomic E-state index is 0.0146. The van der Waals surface area contributed by atoms with Crippen molar-refractivity contribution in [3.8, 4) is 11.4 Å². The summed E-state index contributed by atoms with van der Waals surface area (Å²) in [6.07, 6.45) is 1.71. The highest BCUT2D eigenvalue weighted by atomic mass is 35.5. The van der Waals surface area contributed by atoms with Crippen LogP contribution < -0.4 is 0 Å². The number of Topliss-reactive ketones (excluding diaryl/α,β-unsaturated/α-hetero) is 1. The van der Waals surface area contributed by atoms with Crippen molar-refractivity contribution in [1.82, 2.24) is 14.5 Å². The summed E-state index contributed by atoms with van der Waals surface area (Å²) in [7, 11) is 0. The van der Waals surface area contributed by atoms with Crippen LogP contribution in [0.2, 0.25) is 5.02 Å². The largest absolute Gasteiger partial charge is 0.301 e. The summed E-state index contributed by atoms with van der Waals surface area (Å²) in [5, 5.41) is 0.657. The quantitative estimate of drug-likeness (QED) is 0.505. The first-order valence-corrected chi connectivity index (χ1v) is 8.25.